The molecule has 13 heavy (non-hydrogen) atoms. The summed E-state index contributed by atoms with van der Waals surface area (Å²) in [7, 11) is 0. The van der Waals surface area contributed by atoms with Crippen LogP contribution in [-0.4, -0.2) is 17.2 Å². The Hall–Kier alpha value is -0.860. The minimum Gasteiger partial charge on any atom is -0.344 e. The van der Waals surface area contributed by atoms with Crippen LogP contribution in [0, 0.1) is 5.92 Å². The molecule has 2 atom stereocenters. The molecule has 2 rings (SSSR count). The molecule has 3 nitrogen and oxygen atoms in total. The zero-order valence-corrected chi connectivity index (χ0v) is 7.93. The predicted octanol–water partition coefficient (Wildman–Crippen LogP) is 1.02. The maximum atomic E-state index is 11.7. The van der Waals surface area contributed by atoms with Gasteiger partial charge in [0.15, 0.2) is 5.78 Å². The minimum absolute atomic E-state index is 0.0675. The van der Waals surface area contributed by atoms with Crippen molar-refractivity contribution in [2.24, 2.45) is 5.92 Å². The van der Waals surface area contributed by atoms with E-state index in [1.165, 1.54) is 6.92 Å². The number of carbonyl (C=O) groups is 2. The SMILES string of the molecule is CC(=O)NC12CCCC1CCC2=O. The van der Waals surface area contributed by atoms with Gasteiger partial charge in [-0.2, -0.15) is 0 Å². The third kappa shape index (κ3) is 1.18. The molecule has 0 aromatic heterocycles. The van der Waals surface area contributed by atoms with Crippen LogP contribution < -0.4 is 5.32 Å². The van der Waals surface area contributed by atoms with Crippen molar-refractivity contribution in [3.05, 3.63) is 0 Å². The molecule has 2 saturated carbocycles. The van der Waals surface area contributed by atoms with E-state index in [9.17, 15) is 9.59 Å². The molecule has 0 aromatic carbocycles. The highest BCUT2D eigenvalue weighted by Crippen LogP contribution is 2.45. The maximum absolute atomic E-state index is 11.7. The Kier molecular flexibility index (Phi) is 1.90. The number of nitrogens with one attached hydrogen (secondary N) is 1. The van der Waals surface area contributed by atoms with E-state index in [-0.39, 0.29) is 11.7 Å². The first-order valence-corrected chi connectivity index (χ1v) is 4.97. The lowest BCUT2D eigenvalue weighted by Crippen LogP contribution is -2.52. The van der Waals surface area contributed by atoms with Crippen LogP contribution in [-0.2, 0) is 9.59 Å². The standard InChI is InChI=1S/C10H15NO2/c1-7(12)11-10-6-2-3-8(10)4-5-9(10)13/h8H,2-6H2,1H3,(H,11,12). The highest BCUT2D eigenvalue weighted by Gasteiger charge is 2.52. The van der Waals surface area contributed by atoms with E-state index in [4.69, 9.17) is 0 Å². The lowest BCUT2D eigenvalue weighted by atomic mass is 9.89. The first kappa shape index (κ1) is 8.73. The number of carbonyl (C=O) groups excluding carboxylic acids is 2. The molecule has 1 N–H and O–H groups in total. The van der Waals surface area contributed by atoms with E-state index in [2.05, 4.69) is 5.32 Å². The van der Waals surface area contributed by atoms with Gasteiger partial charge in [-0.05, 0) is 25.2 Å². The number of fused-ring (bicyclic) bond motifs is 1. The van der Waals surface area contributed by atoms with E-state index < -0.39 is 5.54 Å². The highest BCUT2D eigenvalue weighted by atomic mass is 16.2. The molecule has 0 aromatic rings. The molecule has 0 aliphatic heterocycles. The van der Waals surface area contributed by atoms with Crippen molar-refractivity contribution in [3.63, 3.8) is 0 Å². The molecule has 2 aliphatic rings. The first-order chi connectivity index (χ1) is 6.15. The quantitative estimate of drug-likeness (QED) is 0.656. The van der Waals surface area contributed by atoms with Crippen molar-refractivity contribution < 1.29 is 9.59 Å². The largest absolute Gasteiger partial charge is 0.344 e. The molecule has 0 spiro atoms. The van der Waals surface area contributed by atoms with Crippen LogP contribution in [0.15, 0.2) is 0 Å². The molecule has 72 valence electrons. The lowest BCUT2D eigenvalue weighted by Gasteiger charge is -2.28. The molecule has 1 amide bonds. The second kappa shape index (κ2) is 2.82. The number of rotatable bonds is 1. The Morgan fingerprint density at radius 1 is 1.54 bits per heavy atom. The fourth-order valence-electron chi connectivity index (χ4n) is 2.91. The second-order valence-corrected chi connectivity index (χ2v) is 4.20. The fourth-order valence-corrected chi connectivity index (χ4v) is 2.91. The summed E-state index contributed by atoms with van der Waals surface area (Å²) in [5, 5.41) is 2.88. The summed E-state index contributed by atoms with van der Waals surface area (Å²) in [6, 6.07) is 0. The summed E-state index contributed by atoms with van der Waals surface area (Å²) >= 11 is 0. The molecule has 0 saturated heterocycles. The molecule has 0 heterocycles. The number of hydrogen-bond acceptors (Lipinski definition) is 2. The van der Waals surface area contributed by atoms with Crippen molar-refractivity contribution in [1.82, 2.24) is 5.32 Å². The van der Waals surface area contributed by atoms with Crippen LogP contribution in [0.4, 0.5) is 0 Å². The molecule has 3 heteroatoms. The Balaban J connectivity index is 2.24. The van der Waals surface area contributed by atoms with E-state index in [0.717, 1.165) is 25.7 Å². The highest BCUT2D eigenvalue weighted by molar-refractivity contribution is 5.95. The van der Waals surface area contributed by atoms with Gasteiger partial charge in [-0.15, -0.1) is 0 Å². The van der Waals surface area contributed by atoms with Gasteiger partial charge in [0.25, 0.3) is 0 Å². The van der Waals surface area contributed by atoms with Crippen molar-refractivity contribution in [1.29, 1.82) is 0 Å². The van der Waals surface area contributed by atoms with Crippen LogP contribution in [0.5, 0.6) is 0 Å². The molecule has 0 bridgehead atoms. The second-order valence-electron chi connectivity index (χ2n) is 4.20. The Labute approximate surface area is 77.9 Å². The monoisotopic (exact) mass is 181 g/mol. The topological polar surface area (TPSA) is 46.2 Å². The normalized spacial score (nSPS) is 37.6. The van der Waals surface area contributed by atoms with Gasteiger partial charge in [-0.25, -0.2) is 0 Å². The van der Waals surface area contributed by atoms with Gasteiger partial charge in [-0.1, -0.05) is 6.42 Å². The molecule has 0 radical (unpaired) electrons. The van der Waals surface area contributed by atoms with Gasteiger partial charge in [0.05, 0.1) is 0 Å². The maximum Gasteiger partial charge on any atom is 0.217 e. The predicted molar refractivity (Wildman–Crippen MR) is 48.1 cm³/mol. The van der Waals surface area contributed by atoms with Gasteiger partial charge in [-0.3, -0.25) is 9.59 Å². The Bertz CT molecular complexity index is 262. The van der Waals surface area contributed by atoms with E-state index in [1.54, 1.807) is 0 Å². The van der Waals surface area contributed by atoms with Gasteiger partial charge < -0.3 is 5.32 Å². The number of ketones is 1. The summed E-state index contributed by atoms with van der Waals surface area (Å²) < 4.78 is 0. The van der Waals surface area contributed by atoms with Gasteiger partial charge in [0.2, 0.25) is 5.91 Å². The number of amides is 1. The van der Waals surface area contributed by atoms with Crippen molar-refractivity contribution in [2.75, 3.05) is 0 Å². The summed E-state index contributed by atoms with van der Waals surface area (Å²) in [5.41, 5.74) is -0.453. The van der Waals surface area contributed by atoms with Crippen LogP contribution in [0.3, 0.4) is 0 Å². The molecular weight excluding hydrogens is 166 g/mol. The smallest absolute Gasteiger partial charge is 0.217 e. The van der Waals surface area contributed by atoms with Gasteiger partial charge in [0.1, 0.15) is 5.54 Å². The van der Waals surface area contributed by atoms with Crippen LogP contribution in [0.1, 0.15) is 39.0 Å². The van der Waals surface area contributed by atoms with E-state index in [1.807, 2.05) is 0 Å². The third-order valence-corrected chi connectivity index (χ3v) is 3.44. The minimum atomic E-state index is -0.453. The molecule has 2 aliphatic carbocycles. The Morgan fingerprint density at radius 3 is 3.00 bits per heavy atom. The fraction of sp³-hybridized carbons (Fsp3) is 0.800. The number of hydrogen-bond donors (Lipinski definition) is 1. The first-order valence-electron chi connectivity index (χ1n) is 4.97. The van der Waals surface area contributed by atoms with Crippen LogP contribution in [0.25, 0.3) is 0 Å². The van der Waals surface area contributed by atoms with Gasteiger partial charge in [0, 0.05) is 13.3 Å². The lowest BCUT2D eigenvalue weighted by molar-refractivity contribution is -0.129. The van der Waals surface area contributed by atoms with E-state index >= 15 is 0 Å². The summed E-state index contributed by atoms with van der Waals surface area (Å²) in [5.74, 6) is 0.608. The molecular formula is C10H15NO2. The summed E-state index contributed by atoms with van der Waals surface area (Å²) in [4.78, 5) is 22.7. The molecule has 2 fully saturated rings. The van der Waals surface area contributed by atoms with Crippen molar-refractivity contribution in [2.45, 2.75) is 44.6 Å². The number of Topliss-reactive ketones (excluding diaryl/α,β-unsaturated/α-hetero) is 1. The Morgan fingerprint density at radius 2 is 2.31 bits per heavy atom. The average Bonchev–Trinajstić information content (AvgIpc) is 2.53. The summed E-state index contributed by atoms with van der Waals surface area (Å²) in [6.45, 7) is 1.50. The molecule has 2 unspecified atom stereocenters. The van der Waals surface area contributed by atoms with E-state index in [0.29, 0.717) is 12.3 Å². The average molecular weight is 181 g/mol. The zero-order valence-electron chi connectivity index (χ0n) is 7.93. The van der Waals surface area contributed by atoms with Crippen molar-refractivity contribution in [3.8, 4) is 0 Å². The van der Waals surface area contributed by atoms with Gasteiger partial charge >= 0.3 is 0 Å². The van der Waals surface area contributed by atoms with Crippen LogP contribution in [0.2, 0.25) is 0 Å². The van der Waals surface area contributed by atoms with Crippen molar-refractivity contribution >= 4 is 11.7 Å². The zero-order chi connectivity index (χ0) is 9.47. The van der Waals surface area contributed by atoms with Crippen LogP contribution >= 0.6 is 0 Å². The third-order valence-electron chi connectivity index (χ3n) is 3.44. The summed E-state index contributed by atoms with van der Waals surface area (Å²) in [6.07, 6.45) is 4.67.